The summed E-state index contributed by atoms with van der Waals surface area (Å²) in [6, 6.07) is 5.39. The van der Waals surface area contributed by atoms with Crippen LogP contribution < -0.4 is 4.90 Å². The van der Waals surface area contributed by atoms with Crippen LogP contribution in [0.3, 0.4) is 0 Å². The first-order chi connectivity index (χ1) is 12.3. The standard InChI is InChI=1S/C18H20F3N3O2/c1-11-8-12(18(19,20)21)9-15(25)17(11)14-5-6-16(23-22-14)24-7-3-4-13(24)10-26-2/h5-6,8-9,13,25H,3-4,7,10H2,1-2H3/t13-/m0/s1. The number of benzene rings is 1. The fourth-order valence-electron chi connectivity index (χ4n) is 3.38. The van der Waals surface area contributed by atoms with Crippen molar-refractivity contribution in [3.8, 4) is 17.0 Å². The number of anilines is 1. The molecule has 26 heavy (non-hydrogen) atoms. The number of aryl methyl sites for hydroxylation is 1. The molecule has 1 aliphatic rings. The largest absolute Gasteiger partial charge is 0.507 e. The lowest BCUT2D eigenvalue weighted by Gasteiger charge is -2.24. The number of aromatic nitrogens is 2. The van der Waals surface area contributed by atoms with Crippen molar-refractivity contribution in [1.82, 2.24) is 10.2 Å². The van der Waals surface area contributed by atoms with E-state index in [0.29, 0.717) is 24.2 Å². The van der Waals surface area contributed by atoms with Crippen molar-refractivity contribution in [3.63, 3.8) is 0 Å². The maximum Gasteiger partial charge on any atom is 0.416 e. The molecule has 0 unspecified atom stereocenters. The molecule has 1 aromatic heterocycles. The molecule has 1 aliphatic heterocycles. The summed E-state index contributed by atoms with van der Waals surface area (Å²) in [6.07, 6.45) is -2.46. The summed E-state index contributed by atoms with van der Waals surface area (Å²) >= 11 is 0. The number of nitrogens with zero attached hydrogens (tertiary/aromatic N) is 3. The van der Waals surface area contributed by atoms with E-state index in [1.165, 1.54) is 6.92 Å². The molecule has 5 nitrogen and oxygen atoms in total. The average Bonchev–Trinajstić information content (AvgIpc) is 3.02. The monoisotopic (exact) mass is 367 g/mol. The molecular weight excluding hydrogens is 347 g/mol. The van der Waals surface area contributed by atoms with Gasteiger partial charge in [-0.05, 0) is 49.6 Å². The molecule has 8 heteroatoms. The van der Waals surface area contributed by atoms with E-state index in [1.54, 1.807) is 19.2 Å². The van der Waals surface area contributed by atoms with E-state index in [1.807, 2.05) is 0 Å². The summed E-state index contributed by atoms with van der Waals surface area (Å²) in [6.45, 7) is 2.96. The Bertz CT molecular complexity index is 755. The third kappa shape index (κ3) is 3.60. The van der Waals surface area contributed by atoms with Crippen LogP contribution in [0.25, 0.3) is 11.3 Å². The average molecular weight is 367 g/mol. The molecule has 1 atom stereocenters. The lowest BCUT2D eigenvalue weighted by molar-refractivity contribution is -0.137. The van der Waals surface area contributed by atoms with E-state index in [-0.39, 0.29) is 17.2 Å². The van der Waals surface area contributed by atoms with Crippen LogP contribution in [-0.4, -0.2) is 41.6 Å². The third-order valence-corrected chi connectivity index (χ3v) is 4.58. The van der Waals surface area contributed by atoms with Crippen molar-refractivity contribution in [2.75, 3.05) is 25.2 Å². The van der Waals surface area contributed by atoms with Gasteiger partial charge in [-0.15, -0.1) is 10.2 Å². The van der Waals surface area contributed by atoms with E-state index in [0.717, 1.165) is 25.5 Å². The fraction of sp³-hybridized carbons (Fsp3) is 0.444. The summed E-state index contributed by atoms with van der Waals surface area (Å²) in [7, 11) is 1.65. The van der Waals surface area contributed by atoms with E-state index in [2.05, 4.69) is 15.1 Å². The van der Waals surface area contributed by atoms with E-state index < -0.39 is 17.5 Å². The molecule has 0 radical (unpaired) electrons. The zero-order valence-electron chi connectivity index (χ0n) is 14.5. The van der Waals surface area contributed by atoms with Gasteiger partial charge in [-0.1, -0.05) is 0 Å². The van der Waals surface area contributed by atoms with E-state index in [9.17, 15) is 18.3 Å². The maximum atomic E-state index is 12.9. The number of alkyl halides is 3. The predicted octanol–water partition coefficient (Wildman–Crippen LogP) is 3.79. The first-order valence-electron chi connectivity index (χ1n) is 8.31. The topological polar surface area (TPSA) is 58.5 Å². The second-order valence-corrected chi connectivity index (χ2v) is 6.41. The van der Waals surface area contributed by atoms with Crippen molar-refractivity contribution in [2.24, 2.45) is 0 Å². The maximum absolute atomic E-state index is 12.9. The number of methoxy groups -OCH3 is 1. The van der Waals surface area contributed by atoms with Crippen LogP contribution in [0.2, 0.25) is 0 Å². The van der Waals surface area contributed by atoms with Gasteiger partial charge in [0.25, 0.3) is 0 Å². The number of phenols is 1. The summed E-state index contributed by atoms with van der Waals surface area (Å²) in [5.41, 5.74) is -0.00927. The highest BCUT2D eigenvalue weighted by Gasteiger charge is 2.32. The Labute approximate surface area is 149 Å². The van der Waals surface area contributed by atoms with Gasteiger partial charge in [0.15, 0.2) is 5.82 Å². The zero-order valence-corrected chi connectivity index (χ0v) is 14.5. The van der Waals surface area contributed by atoms with Crippen molar-refractivity contribution in [1.29, 1.82) is 0 Å². The van der Waals surface area contributed by atoms with Crippen LogP contribution in [0, 0.1) is 6.92 Å². The zero-order chi connectivity index (χ0) is 18.9. The quantitative estimate of drug-likeness (QED) is 0.891. The minimum Gasteiger partial charge on any atom is -0.507 e. The Balaban J connectivity index is 1.90. The smallest absolute Gasteiger partial charge is 0.416 e. The van der Waals surface area contributed by atoms with Gasteiger partial charge in [0.05, 0.1) is 23.9 Å². The van der Waals surface area contributed by atoms with Gasteiger partial charge in [0, 0.05) is 19.2 Å². The number of ether oxygens (including phenoxy) is 1. The van der Waals surface area contributed by atoms with Crippen LogP contribution in [0.15, 0.2) is 24.3 Å². The molecule has 140 valence electrons. The number of aromatic hydroxyl groups is 1. The molecule has 0 saturated carbocycles. The Morgan fingerprint density at radius 2 is 2.04 bits per heavy atom. The van der Waals surface area contributed by atoms with Crippen molar-refractivity contribution < 1.29 is 23.0 Å². The lowest BCUT2D eigenvalue weighted by atomic mass is 10.0. The van der Waals surface area contributed by atoms with Crippen molar-refractivity contribution in [2.45, 2.75) is 32.0 Å². The van der Waals surface area contributed by atoms with Crippen LogP contribution >= 0.6 is 0 Å². The van der Waals surface area contributed by atoms with Gasteiger partial charge in [-0.3, -0.25) is 0 Å². The molecule has 0 spiro atoms. The van der Waals surface area contributed by atoms with Gasteiger partial charge in [-0.2, -0.15) is 13.2 Å². The summed E-state index contributed by atoms with van der Waals surface area (Å²) in [5, 5.41) is 18.4. The minimum atomic E-state index is -4.51. The molecule has 2 heterocycles. The highest BCUT2D eigenvalue weighted by Crippen LogP contribution is 2.38. The molecule has 1 aromatic carbocycles. The number of hydrogen-bond donors (Lipinski definition) is 1. The van der Waals surface area contributed by atoms with Crippen LogP contribution in [-0.2, 0) is 10.9 Å². The van der Waals surface area contributed by atoms with Crippen molar-refractivity contribution >= 4 is 5.82 Å². The molecule has 3 rings (SSSR count). The Hall–Kier alpha value is -2.35. The normalized spacial score (nSPS) is 17.7. The molecule has 2 aromatic rings. The highest BCUT2D eigenvalue weighted by molar-refractivity contribution is 5.71. The molecule has 0 bridgehead atoms. The minimum absolute atomic E-state index is 0.237. The summed E-state index contributed by atoms with van der Waals surface area (Å²) < 4.78 is 43.8. The number of halogens is 3. The molecule has 0 amide bonds. The number of hydrogen-bond acceptors (Lipinski definition) is 5. The van der Waals surface area contributed by atoms with Gasteiger partial charge < -0.3 is 14.7 Å². The number of phenolic OH excluding ortho intramolecular Hbond substituents is 1. The van der Waals surface area contributed by atoms with Gasteiger partial charge in [0.1, 0.15) is 5.75 Å². The third-order valence-electron chi connectivity index (χ3n) is 4.58. The molecule has 1 N–H and O–H groups in total. The second kappa shape index (κ2) is 7.11. The SMILES string of the molecule is COC[C@@H]1CCCN1c1ccc(-c2c(C)cc(C(F)(F)F)cc2O)nn1. The first-order valence-corrected chi connectivity index (χ1v) is 8.31. The summed E-state index contributed by atoms with van der Waals surface area (Å²) in [5.74, 6) is 0.232. The second-order valence-electron chi connectivity index (χ2n) is 6.41. The van der Waals surface area contributed by atoms with Gasteiger partial charge in [-0.25, -0.2) is 0 Å². The Morgan fingerprint density at radius 1 is 1.27 bits per heavy atom. The molecular formula is C18H20F3N3O2. The number of rotatable bonds is 4. The molecule has 1 fully saturated rings. The van der Waals surface area contributed by atoms with E-state index >= 15 is 0 Å². The van der Waals surface area contributed by atoms with Crippen molar-refractivity contribution in [3.05, 3.63) is 35.4 Å². The molecule has 0 aliphatic carbocycles. The fourth-order valence-corrected chi connectivity index (χ4v) is 3.38. The molecule has 1 saturated heterocycles. The van der Waals surface area contributed by atoms with Crippen LogP contribution in [0.1, 0.15) is 24.0 Å². The highest BCUT2D eigenvalue weighted by atomic mass is 19.4. The summed E-state index contributed by atoms with van der Waals surface area (Å²) in [4.78, 5) is 2.11. The van der Waals surface area contributed by atoms with Gasteiger partial charge in [0.2, 0.25) is 0 Å². The van der Waals surface area contributed by atoms with Gasteiger partial charge >= 0.3 is 6.18 Å². The Morgan fingerprint density at radius 3 is 2.62 bits per heavy atom. The van der Waals surface area contributed by atoms with Crippen LogP contribution in [0.5, 0.6) is 5.75 Å². The lowest BCUT2D eigenvalue weighted by Crippen LogP contribution is -2.33. The first kappa shape index (κ1) is 18.4. The van der Waals surface area contributed by atoms with E-state index in [4.69, 9.17) is 4.74 Å². The predicted molar refractivity (Wildman–Crippen MR) is 91.1 cm³/mol. The Kier molecular flexibility index (Phi) is 5.04. The van der Waals surface area contributed by atoms with Crippen LogP contribution in [0.4, 0.5) is 19.0 Å².